The van der Waals surface area contributed by atoms with E-state index in [2.05, 4.69) is 6.92 Å². The van der Waals surface area contributed by atoms with Gasteiger partial charge in [-0.1, -0.05) is 49.0 Å². The highest BCUT2D eigenvalue weighted by molar-refractivity contribution is 6.35. The first-order valence-corrected chi connectivity index (χ1v) is 8.55. The minimum absolute atomic E-state index is 0.0958. The minimum atomic E-state index is -0.0958. The summed E-state index contributed by atoms with van der Waals surface area (Å²) in [7, 11) is 0. The highest BCUT2D eigenvalue weighted by Gasteiger charge is 2.08. The summed E-state index contributed by atoms with van der Waals surface area (Å²) >= 11 is 12.1. The summed E-state index contributed by atoms with van der Waals surface area (Å²) in [6, 6.07) is 8.71. The second-order valence-corrected chi connectivity index (χ2v) is 6.39. The lowest BCUT2D eigenvalue weighted by Gasteiger charge is -2.13. The lowest BCUT2D eigenvalue weighted by molar-refractivity contribution is 0.304. The lowest BCUT2D eigenvalue weighted by atomic mass is 10.2. The first-order chi connectivity index (χ1) is 11.0. The van der Waals surface area contributed by atoms with Gasteiger partial charge in [0.1, 0.15) is 5.75 Å². The van der Waals surface area contributed by atoms with Crippen LogP contribution in [-0.2, 0) is 6.54 Å². The van der Waals surface area contributed by atoms with Crippen LogP contribution in [0.25, 0.3) is 0 Å². The SMILES string of the molecule is CCCCCOc1cc(C)n(Cc2ccc(Cl)cc2Cl)c(=O)c1. The molecular formula is C18H21Cl2NO2. The van der Waals surface area contributed by atoms with Crippen molar-refractivity contribution in [2.24, 2.45) is 0 Å². The van der Waals surface area contributed by atoms with Gasteiger partial charge in [0.2, 0.25) is 0 Å². The van der Waals surface area contributed by atoms with E-state index >= 15 is 0 Å². The van der Waals surface area contributed by atoms with Crippen LogP contribution in [0.5, 0.6) is 5.75 Å². The predicted octanol–water partition coefficient (Wildman–Crippen LogP) is 5.08. The first-order valence-electron chi connectivity index (χ1n) is 7.79. The van der Waals surface area contributed by atoms with Gasteiger partial charge in [-0.3, -0.25) is 4.79 Å². The maximum absolute atomic E-state index is 12.3. The number of halogens is 2. The van der Waals surface area contributed by atoms with Gasteiger partial charge in [-0.25, -0.2) is 0 Å². The van der Waals surface area contributed by atoms with Gasteiger partial charge < -0.3 is 9.30 Å². The third-order valence-corrected chi connectivity index (χ3v) is 4.26. The number of aromatic nitrogens is 1. The van der Waals surface area contributed by atoms with Crippen LogP contribution in [0.4, 0.5) is 0 Å². The van der Waals surface area contributed by atoms with Crippen molar-refractivity contribution in [2.75, 3.05) is 6.61 Å². The van der Waals surface area contributed by atoms with E-state index in [-0.39, 0.29) is 5.56 Å². The van der Waals surface area contributed by atoms with E-state index in [1.165, 1.54) is 6.07 Å². The Morgan fingerprint density at radius 2 is 1.91 bits per heavy atom. The Morgan fingerprint density at radius 3 is 2.57 bits per heavy atom. The van der Waals surface area contributed by atoms with Crippen LogP contribution in [-0.4, -0.2) is 11.2 Å². The van der Waals surface area contributed by atoms with Crippen molar-refractivity contribution in [2.45, 2.75) is 39.7 Å². The molecule has 1 heterocycles. The molecular weight excluding hydrogens is 333 g/mol. The lowest BCUT2D eigenvalue weighted by Crippen LogP contribution is -2.22. The molecule has 0 N–H and O–H groups in total. The highest BCUT2D eigenvalue weighted by atomic mass is 35.5. The van der Waals surface area contributed by atoms with E-state index in [9.17, 15) is 4.79 Å². The number of hydrogen-bond acceptors (Lipinski definition) is 2. The zero-order valence-electron chi connectivity index (χ0n) is 13.4. The van der Waals surface area contributed by atoms with Crippen LogP contribution < -0.4 is 10.3 Å². The molecule has 124 valence electrons. The molecule has 0 spiro atoms. The molecule has 0 saturated carbocycles. The minimum Gasteiger partial charge on any atom is -0.493 e. The third-order valence-electron chi connectivity index (χ3n) is 3.67. The predicted molar refractivity (Wildman–Crippen MR) is 96.0 cm³/mol. The van der Waals surface area contributed by atoms with Crippen molar-refractivity contribution in [1.29, 1.82) is 0 Å². The average Bonchev–Trinajstić information content (AvgIpc) is 2.49. The molecule has 1 aromatic carbocycles. The number of rotatable bonds is 7. The van der Waals surface area contributed by atoms with Crippen LogP contribution in [0.1, 0.15) is 37.4 Å². The second-order valence-electron chi connectivity index (χ2n) is 5.55. The number of ether oxygens (including phenoxy) is 1. The van der Waals surface area contributed by atoms with Crippen molar-refractivity contribution < 1.29 is 4.74 Å². The maximum Gasteiger partial charge on any atom is 0.254 e. The fraction of sp³-hybridized carbons (Fsp3) is 0.389. The molecule has 0 fully saturated rings. The quantitative estimate of drug-likeness (QED) is 0.649. The standard InChI is InChI=1S/C18H21Cl2NO2/c1-3-4-5-8-23-16-9-13(2)21(18(22)11-16)12-14-6-7-15(19)10-17(14)20/h6-7,9-11H,3-5,8,12H2,1-2H3. The topological polar surface area (TPSA) is 31.2 Å². The van der Waals surface area contributed by atoms with E-state index in [1.54, 1.807) is 16.7 Å². The molecule has 23 heavy (non-hydrogen) atoms. The molecule has 0 unspecified atom stereocenters. The van der Waals surface area contributed by atoms with E-state index in [1.807, 2.05) is 19.1 Å². The third kappa shape index (κ3) is 5.02. The Balaban J connectivity index is 2.15. The zero-order valence-corrected chi connectivity index (χ0v) is 15.0. The van der Waals surface area contributed by atoms with Crippen molar-refractivity contribution in [3.63, 3.8) is 0 Å². The molecule has 2 aromatic rings. The van der Waals surface area contributed by atoms with Gasteiger partial charge in [0.05, 0.1) is 13.2 Å². The van der Waals surface area contributed by atoms with Crippen molar-refractivity contribution in [3.05, 3.63) is 62.0 Å². The summed E-state index contributed by atoms with van der Waals surface area (Å²) < 4.78 is 7.33. The molecule has 0 aliphatic carbocycles. The largest absolute Gasteiger partial charge is 0.493 e. The highest BCUT2D eigenvalue weighted by Crippen LogP contribution is 2.22. The van der Waals surface area contributed by atoms with Crippen molar-refractivity contribution in [1.82, 2.24) is 4.57 Å². The number of benzene rings is 1. The van der Waals surface area contributed by atoms with Gasteiger partial charge in [-0.05, 0) is 37.1 Å². The number of nitrogens with zero attached hydrogens (tertiary/aromatic N) is 1. The smallest absolute Gasteiger partial charge is 0.254 e. The second kappa shape index (κ2) is 8.42. The molecule has 0 bridgehead atoms. The summed E-state index contributed by atoms with van der Waals surface area (Å²) in [4.78, 5) is 12.3. The first kappa shape index (κ1) is 17.9. The summed E-state index contributed by atoms with van der Waals surface area (Å²) in [5, 5.41) is 1.14. The molecule has 2 rings (SSSR count). The Morgan fingerprint density at radius 1 is 1.13 bits per heavy atom. The summed E-state index contributed by atoms with van der Waals surface area (Å²) in [6.07, 6.45) is 3.27. The molecule has 0 aliphatic rings. The Labute approximate surface area is 146 Å². The van der Waals surface area contributed by atoms with Crippen LogP contribution in [0.3, 0.4) is 0 Å². The Bertz CT molecular complexity index is 725. The molecule has 0 aliphatic heterocycles. The molecule has 0 atom stereocenters. The van der Waals surface area contributed by atoms with Crippen LogP contribution in [0.15, 0.2) is 35.1 Å². The van der Waals surface area contributed by atoms with Crippen LogP contribution in [0.2, 0.25) is 10.0 Å². The van der Waals surface area contributed by atoms with E-state index in [0.717, 1.165) is 30.5 Å². The van der Waals surface area contributed by atoms with Crippen LogP contribution in [0, 0.1) is 6.92 Å². The van der Waals surface area contributed by atoms with Gasteiger partial charge in [-0.15, -0.1) is 0 Å². The van der Waals surface area contributed by atoms with E-state index < -0.39 is 0 Å². The normalized spacial score (nSPS) is 10.8. The van der Waals surface area contributed by atoms with Crippen molar-refractivity contribution in [3.8, 4) is 5.75 Å². The van der Waals surface area contributed by atoms with Crippen LogP contribution >= 0.6 is 23.2 Å². The van der Waals surface area contributed by atoms with Gasteiger partial charge in [-0.2, -0.15) is 0 Å². The Hall–Kier alpha value is -1.45. The summed E-state index contributed by atoms with van der Waals surface area (Å²) in [5.74, 6) is 0.627. The number of unbranched alkanes of at least 4 members (excludes halogenated alkanes) is 2. The summed E-state index contributed by atoms with van der Waals surface area (Å²) in [5.41, 5.74) is 1.60. The molecule has 0 radical (unpaired) electrons. The molecule has 5 heteroatoms. The van der Waals surface area contributed by atoms with E-state index in [4.69, 9.17) is 27.9 Å². The van der Waals surface area contributed by atoms with Gasteiger partial charge in [0, 0.05) is 21.8 Å². The maximum atomic E-state index is 12.3. The molecule has 3 nitrogen and oxygen atoms in total. The fourth-order valence-corrected chi connectivity index (χ4v) is 2.82. The summed E-state index contributed by atoms with van der Waals surface area (Å²) in [6.45, 7) is 5.09. The number of aryl methyl sites for hydroxylation is 1. The molecule has 0 saturated heterocycles. The fourth-order valence-electron chi connectivity index (χ4n) is 2.35. The average molecular weight is 354 g/mol. The molecule has 0 amide bonds. The van der Waals surface area contributed by atoms with Crippen molar-refractivity contribution >= 4 is 23.2 Å². The molecule has 1 aromatic heterocycles. The number of pyridine rings is 1. The monoisotopic (exact) mass is 353 g/mol. The number of hydrogen-bond donors (Lipinski definition) is 0. The van der Waals surface area contributed by atoms with Gasteiger partial charge in [0.15, 0.2) is 0 Å². The Kier molecular flexibility index (Phi) is 6.55. The zero-order chi connectivity index (χ0) is 16.8. The van der Waals surface area contributed by atoms with E-state index in [0.29, 0.717) is 28.9 Å². The van der Waals surface area contributed by atoms with Gasteiger partial charge >= 0.3 is 0 Å². The van der Waals surface area contributed by atoms with Gasteiger partial charge in [0.25, 0.3) is 5.56 Å².